The van der Waals surface area contributed by atoms with Crippen LogP contribution >= 0.6 is 0 Å². The summed E-state index contributed by atoms with van der Waals surface area (Å²) >= 11 is 0. The maximum atomic E-state index is 11.5. The maximum absolute atomic E-state index is 11.5. The molecule has 5 heteroatoms. The summed E-state index contributed by atoms with van der Waals surface area (Å²) in [6.45, 7) is 6.93. The Hall–Kier alpha value is -0.650. The van der Waals surface area contributed by atoms with Crippen molar-refractivity contribution in [1.82, 2.24) is 10.6 Å². The van der Waals surface area contributed by atoms with Crippen molar-refractivity contribution in [2.45, 2.75) is 26.4 Å². The smallest absolute Gasteiger partial charge is 0.248 e. The van der Waals surface area contributed by atoms with E-state index < -0.39 is 6.10 Å². The van der Waals surface area contributed by atoms with E-state index in [0.29, 0.717) is 26.4 Å². The standard InChI is InChI=1S/C11H24N2O3/c1-4-15-8-9-16-10(2)11(14)13-7-5-6-12-3/h10,12H,4-9H2,1-3H3,(H,13,14). The highest BCUT2D eigenvalue weighted by Gasteiger charge is 2.11. The molecule has 0 aromatic heterocycles. The third kappa shape index (κ3) is 8.64. The predicted molar refractivity (Wildman–Crippen MR) is 63.5 cm³/mol. The summed E-state index contributed by atoms with van der Waals surface area (Å²) < 4.78 is 10.4. The van der Waals surface area contributed by atoms with Crippen LogP contribution in [0.5, 0.6) is 0 Å². The second-order valence-electron chi connectivity index (χ2n) is 3.46. The fourth-order valence-corrected chi connectivity index (χ4v) is 1.12. The zero-order chi connectivity index (χ0) is 12.2. The van der Waals surface area contributed by atoms with Crippen LogP contribution in [0.1, 0.15) is 20.3 Å². The second-order valence-corrected chi connectivity index (χ2v) is 3.46. The Labute approximate surface area is 97.9 Å². The Bertz CT molecular complexity index is 177. The van der Waals surface area contributed by atoms with Crippen LogP contribution in [-0.4, -0.2) is 52.0 Å². The zero-order valence-corrected chi connectivity index (χ0v) is 10.5. The van der Waals surface area contributed by atoms with E-state index in [9.17, 15) is 4.79 Å². The molecule has 0 saturated carbocycles. The molecule has 0 aromatic rings. The zero-order valence-electron chi connectivity index (χ0n) is 10.5. The van der Waals surface area contributed by atoms with Gasteiger partial charge in [-0.25, -0.2) is 0 Å². The van der Waals surface area contributed by atoms with Crippen LogP contribution in [0.25, 0.3) is 0 Å². The summed E-state index contributed by atoms with van der Waals surface area (Å²) in [5.41, 5.74) is 0. The minimum atomic E-state index is -0.407. The number of nitrogens with one attached hydrogen (secondary N) is 2. The quantitative estimate of drug-likeness (QED) is 0.527. The molecular weight excluding hydrogens is 208 g/mol. The van der Waals surface area contributed by atoms with Crippen LogP contribution < -0.4 is 10.6 Å². The van der Waals surface area contributed by atoms with E-state index in [1.807, 2.05) is 14.0 Å². The minimum absolute atomic E-state index is 0.0624. The van der Waals surface area contributed by atoms with Crippen molar-refractivity contribution < 1.29 is 14.3 Å². The van der Waals surface area contributed by atoms with Gasteiger partial charge in [-0.05, 0) is 33.9 Å². The van der Waals surface area contributed by atoms with E-state index in [-0.39, 0.29) is 5.91 Å². The Balaban J connectivity index is 3.42. The van der Waals surface area contributed by atoms with Crippen LogP contribution in [0.15, 0.2) is 0 Å². The first-order valence-electron chi connectivity index (χ1n) is 5.84. The van der Waals surface area contributed by atoms with Gasteiger partial charge in [0, 0.05) is 13.2 Å². The number of carbonyl (C=O) groups is 1. The van der Waals surface area contributed by atoms with Gasteiger partial charge in [0.05, 0.1) is 13.2 Å². The van der Waals surface area contributed by atoms with E-state index in [1.165, 1.54) is 0 Å². The van der Waals surface area contributed by atoms with Crippen LogP contribution in [-0.2, 0) is 14.3 Å². The van der Waals surface area contributed by atoms with Crippen molar-refractivity contribution in [3.05, 3.63) is 0 Å². The molecule has 0 bridgehead atoms. The minimum Gasteiger partial charge on any atom is -0.379 e. The molecule has 16 heavy (non-hydrogen) atoms. The van der Waals surface area contributed by atoms with Gasteiger partial charge in [0.15, 0.2) is 0 Å². The highest BCUT2D eigenvalue weighted by Crippen LogP contribution is 1.91. The number of ether oxygens (including phenoxy) is 2. The van der Waals surface area contributed by atoms with Crippen LogP contribution in [0, 0.1) is 0 Å². The van der Waals surface area contributed by atoms with Crippen molar-refractivity contribution in [3.63, 3.8) is 0 Å². The molecule has 0 rings (SSSR count). The Kier molecular flexibility index (Phi) is 10.4. The van der Waals surface area contributed by atoms with Crippen LogP contribution in [0.4, 0.5) is 0 Å². The molecule has 0 radical (unpaired) electrons. The van der Waals surface area contributed by atoms with Gasteiger partial charge in [0.2, 0.25) is 5.91 Å². The third-order valence-electron chi connectivity index (χ3n) is 2.07. The first-order chi connectivity index (χ1) is 7.72. The van der Waals surface area contributed by atoms with E-state index in [2.05, 4.69) is 10.6 Å². The third-order valence-corrected chi connectivity index (χ3v) is 2.07. The number of hydrogen-bond donors (Lipinski definition) is 2. The van der Waals surface area contributed by atoms with Crippen molar-refractivity contribution in [2.75, 3.05) is 40.0 Å². The van der Waals surface area contributed by atoms with E-state index in [1.54, 1.807) is 6.92 Å². The molecule has 0 aliphatic carbocycles. The fourth-order valence-electron chi connectivity index (χ4n) is 1.12. The Morgan fingerprint density at radius 3 is 2.69 bits per heavy atom. The van der Waals surface area contributed by atoms with Gasteiger partial charge >= 0.3 is 0 Å². The summed E-state index contributed by atoms with van der Waals surface area (Å²) in [5, 5.41) is 5.83. The fraction of sp³-hybridized carbons (Fsp3) is 0.909. The average molecular weight is 232 g/mol. The van der Waals surface area contributed by atoms with Crippen molar-refractivity contribution in [2.24, 2.45) is 0 Å². The topological polar surface area (TPSA) is 59.6 Å². The van der Waals surface area contributed by atoms with Crippen molar-refractivity contribution in [3.8, 4) is 0 Å². The van der Waals surface area contributed by atoms with Crippen LogP contribution in [0.2, 0.25) is 0 Å². The summed E-state index contributed by atoms with van der Waals surface area (Å²) in [7, 11) is 1.89. The van der Waals surface area contributed by atoms with Gasteiger partial charge in [0.25, 0.3) is 0 Å². The lowest BCUT2D eigenvalue weighted by Crippen LogP contribution is -2.36. The number of rotatable bonds is 10. The summed E-state index contributed by atoms with van der Waals surface area (Å²) in [5.74, 6) is -0.0624. The normalized spacial score (nSPS) is 12.4. The summed E-state index contributed by atoms with van der Waals surface area (Å²) in [6, 6.07) is 0. The highest BCUT2D eigenvalue weighted by molar-refractivity contribution is 5.80. The monoisotopic (exact) mass is 232 g/mol. The molecular formula is C11H24N2O3. The molecule has 96 valence electrons. The molecule has 0 heterocycles. The van der Waals surface area contributed by atoms with Gasteiger partial charge in [-0.15, -0.1) is 0 Å². The number of hydrogen-bond acceptors (Lipinski definition) is 4. The van der Waals surface area contributed by atoms with Gasteiger partial charge < -0.3 is 20.1 Å². The van der Waals surface area contributed by atoms with E-state index in [4.69, 9.17) is 9.47 Å². The second kappa shape index (κ2) is 10.9. The van der Waals surface area contributed by atoms with Gasteiger partial charge in [-0.2, -0.15) is 0 Å². The maximum Gasteiger partial charge on any atom is 0.248 e. The van der Waals surface area contributed by atoms with Gasteiger partial charge in [-0.1, -0.05) is 0 Å². The highest BCUT2D eigenvalue weighted by atomic mass is 16.5. The summed E-state index contributed by atoms with van der Waals surface area (Å²) in [4.78, 5) is 11.5. The largest absolute Gasteiger partial charge is 0.379 e. The van der Waals surface area contributed by atoms with Gasteiger partial charge in [0.1, 0.15) is 6.10 Å². The molecule has 0 aliphatic heterocycles. The lowest BCUT2D eigenvalue weighted by molar-refractivity contribution is -0.132. The summed E-state index contributed by atoms with van der Waals surface area (Å²) in [6.07, 6.45) is 0.517. The van der Waals surface area contributed by atoms with Crippen molar-refractivity contribution in [1.29, 1.82) is 0 Å². The Morgan fingerprint density at radius 2 is 2.06 bits per heavy atom. The van der Waals surface area contributed by atoms with Crippen LogP contribution in [0.3, 0.4) is 0 Å². The average Bonchev–Trinajstić information content (AvgIpc) is 2.29. The predicted octanol–water partition coefficient (Wildman–Crippen LogP) is 0.154. The SMILES string of the molecule is CCOCCOC(C)C(=O)NCCCNC. The molecule has 5 nitrogen and oxygen atoms in total. The molecule has 0 fully saturated rings. The molecule has 0 aliphatic rings. The molecule has 0 spiro atoms. The molecule has 0 aromatic carbocycles. The van der Waals surface area contributed by atoms with E-state index >= 15 is 0 Å². The molecule has 0 saturated heterocycles. The lowest BCUT2D eigenvalue weighted by Gasteiger charge is -2.13. The molecule has 1 atom stereocenters. The number of amides is 1. The Morgan fingerprint density at radius 1 is 1.31 bits per heavy atom. The first kappa shape index (κ1) is 15.3. The van der Waals surface area contributed by atoms with E-state index in [0.717, 1.165) is 13.0 Å². The van der Waals surface area contributed by atoms with Gasteiger partial charge in [-0.3, -0.25) is 4.79 Å². The molecule has 2 N–H and O–H groups in total. The van der Waals surface area contributed by atoms with Crippen molar-refractivity contribution >= 4 is 5.91 Å². The number of carbonyl (C=O) groups excluding carboxylic acids is 1. The lowest BCUT2D eigenvalue weighted by atomic mass is 10.3. The molecule has 1 amide bonds. The first-order valence-corrected chi connectivity index (χ1v) is 5.84. The molecule has 1 unspecified atom stereocenters.